The van der Waals surface area contributed by atoms with Gasteiger partial charge in [0.25, 0.3) is 5.19 Å². The van der Waals surface area contributed by atoms with Gasteiger partial charge in [0, 0.05) is 5.39 Å². The Kier molecular flexibility index (Phi) is 3.12. The molecule has 0 spiro atoms. The molecule has 22 heavy (non-hydrogen) atoms. The summed E-state index contributed by atoms with van der Waals surface area (Å²) in [6, 6.07) is 18.0. The predicted molar refractivity (Wildman–Crippen MR) is 90.1 cm³/mol. The molecule has 4 aromatic rings. The van der Waals surface area contributed by atoms with E-state index < -0.39 is 0 Å². The largest absolute Gasteiger partial charge is 0.465 e. The van der Waals surface area contributed by atoms with Crippen molar-refractivity contribution in [2.45, 2.75) is 6.61 Å². The van der Waals surface area contributed by atoms with Crippen LogP contribution in [0.3, 0.4) is 0 Å². The number of pyridine rings is 1. The van der Waals surface area contributed by atoms with E-state index in [0.29, 0.717) is 23.1 Å². The van der Waals surface area contributed by atoms with Crippen molar-refractivity contribution in [1.82, 2.24) is 9.97 Å². The molecule has 2 aromatic heterocycles. The molecule has 2 heterocycles. The van der Waals surface area contributed by atoms with E-state index in [0.717, 1.165) is 21.2 Å². The first-order valence-electron chi connectivity index (χ1n) is 6.93. The number of nitrogens with two attached hydrogens (primary N) is 1. The quantitative estimate of drug-likeness (QED) is 0.621. The lowest BCUT2D eigenvalue weighted by atomic mass is 10.2. The molecule has 108 valence electrons. The Hall–Kier alpha value is -2.66. The van der Waals surface area contributed by atoms with Gasteiger partial charge in [-0.05, 0) is 11.6 Å². The van der Waals surface area contributed by atoms with Crippen LogP contribution >= 0.6 is 11.3 Å². The number of ether oxygens (including phenoxy) is 1. The van der Waals surface area contributed by atoms with Gasteiger partial charge < -0.3 is 10.5 Å². The highest BCUT2D eigenvalue weighted by Crippen LogP contribution is 2.35. The highest BCUT2D eigenvalue weighted by atomic mass is 32.1. The lowest BCUT2D eigenvalue weighted by Crippen LogP contribution is -1.95. The maximum absolute atomic E-state index is 6.02. The van der Waals surface area contributed by atoms with Crippen molar-refractivity contribution in [3.63, 3.8) is 0 Å². The maximum atomic E-state index is 6.02. The van der Waals surface area contributed by atoms with Gasteiger partial charge in [0.2, 0.25) is 0 Å². The number of hydrogen-bond donors (Lipinski definition) is 1. The van der Waals surface area contributed by atoms with E-state index in [1.165, 1.54) is 11.3 Å². The summed E-state index contributed by atoms with van der Waals surface area (Å²) in [6.45, 7) is 0.492. The number of fused-ring (bicyclic) bond motifs is 3. The number of nitrogen functional groups attached to an aromatic ring is 1. The zero-order valence-electron chi connectivity index (χ0n) is 11.7. The zero-order valence-corrected chi connectivity index (χ0v) is 12.5. The van der Waals surface area contributed by atoms with Crippen LogP contribution in [0.5, 0.6) is 5.19 Å². The minimum Gasteiger partial charge on any atom is -0.465 e. The number of aromatic nitrogens is 2. The minimum absolute atomic E-state index is 0.444. The van der Waals surface area contributed by atoms with E-state index in [4.69, 9.17) is 10.5 Å². The summed E-state index contributed by atoms with van der Waals surface area (Å²) in [5.41, 5.74) is 8.72. The van der Waals surface area contributed by atoms with Gasteiger partial charge in [-0.1, -0.05) is 59.9 Å². The van der Waals surface area contributed by atoms with Gasteiger partial charge in [0.1, 0.15) is 12.1 Å². The van der Waals surface area contributed by atoms with Gasteiger partial charge in [0.05, 0.1) is 10.2 Å². The molecule has 0 amide bonds. The van der Waals surface area contributed by atoms with Crippen molar-refractivity contribution < 1.29 is 4.74 Å². The Morgan fingerprint density at radius 1 is 0.955 bits per heavy atom. The lowest BCUT2D eigenvalue weighted by molar-refractivity contribution is 0.305. The molecular formula is C17H13N3OS. The standard InChI is InChI=1S/C17H13N3OS/c18-16-14-15(12-8-4-5-9-13(12)19-16)22-17(20-14)21-10-11-6-2-1-3-7-11/h1-9H,10H2,(H2,18,19). The normalized spacial score (nSPS) is 11.1. The first-order valence-corrected chi connectivity index (χ1v) is 7.74. The Balaban J connectivity index is 1.74. The first kappa shape index (κ1) is 13.0. The van der Waals surface area contributed by atoms with E-state index in [1.807, 2.05) is 54.6 Å². The van der Waals surface area contributed by atoms with Crippen LogP contribution < -0.4 is 10.5 Å². The number of rotatable bonds is 3. The molecule has 4 rings (SSSR count). The van der Waals surface area contributed by atoms with E-state index in [9.17, 15) is 0 Å². The van der Waals surface area contributed by atoms with Crippen molar-refractivity contribution in [2.24, 2.45) is 0 Å². The van der Waals surface area contributed by atoms with Crippen molar-refractivity contribution in [1.29, 1.82) is 0 Å². The summed E-state index contributed by atoms with van der Waals surface area (Å²) in [7, 11) is 0. The average molecular weight is 307 g/mol. The number of para-hydroxylation sites is 1. The molecule has 5 heteroatoms. The second-order valence-corrected chi connectivity index (χ2v) is 5.91. The van der Waals surface area contributed by atoms with Gasteiger partial charge in [-0.15, -0.1) is 0 Å². The Bertz CT molecular complexity index is 950. The summed E-state index contributed by atoms with van der Waals surface area (Å²) < 4.78 is 6.82. The molecule has 0 saturated heterocycles. The third-order valence-corrected chi connectivity index (χ3v) is 4.45. The summed E-state index contributed by atoms with van der Waals surface area (Å²) in [6.07, 6.45) is 0. The third kappa shape index (κ3) is 2.25. The fraction of sp³-hybridized carbons (Fsp3) is 0.0588. The summed E-state index contributed by atoms with van der Waals surface area (Å²) in [5, 5.41) is 1.67. The van der Waals surface area contributed by atoms with Crippen LogP contribution in [0.1, 0.15) is 5.56 Å². The van der Waals surface area contributed by atoms with Crippen molar-refractivity contribution in [3.8, 4) is 5.19 Å². The molecule has 0 atom stereocenters. The van der Waals surface area contributed by atoms with Gasteiger partial charge in [-0.2, -0.15) is 4.98 Å². The summed E-state index contributed by atoms with van der Waals surface area (Å²) in [4.78, 5) is 8.89. The first-order chi connectivity index (χ1) is 10.8. The molecule has 0 unspecified atom stereocenters. The number of anilines is 1. The highest BCUT2D eigenvalue weighted by Gasteiger charge is 2.12. The number of thiazole rings is 1. The molecule has 0 aliphatic heterocycles. The summed E-state index contributed by atoms with van der Waals surface area (Å²) in [5.74, 6) is 0.444. The monoisotopic (exact) mass is 307 g/mol. The van der Waals surface area contributed by atoms with E-state index >= 15 is 0 Å². The lowest BCUT2D eigenvalue weighted by Gasteiger charge is -2.01. The highest BCUT2D eigenvalue weighted by molar-refractivity contribution is 7.21. The van der Waals surface area contributed by atoms with Crippen LogP contribution in [0.2, 0.25) is 0 Å². The van der Waals surface area contributed by atoms with Crippen LogP contribution in [-0.4, -0.2) is 9.97 Å². The average Bonchev–Trinajstić information content (AvgIpc) is 2.99. The van der Waals surface area contributed by atoms with Crippen LogP contribution in [0.4, 0.5) is 5.82 Å². The molecule has 2 aromatic carbocycles. The Labute approximate surface area is 131 Å². The van der Waals surface area contributed by atoms with Gasteiger partial charge in [-0.25, -0.2) is 4.98 Å². The topological polar surface area (TPSA) is 61.0 Å². The maximum Gasteiger partial charge on any atom is 0.274 e. The van der Waals surface area contributed by atoms with Crippen LogP contribution in [0, 0.1) is 0 Å². The smallest absolute Gasteiger partial charge is 0.274 e. The second-order valence-electron chi connectivity index (χ2n) is 4.95. The molecule has 2 N–H and O–H groups in total. The van der Waals surface area contributed by atoms with Gasteiger partial charge >= 0.3 is 0 Å². The second kappa shape index (κ2) is 5.27. The van der Waals surface area contributed by atoms with Crippen molar-refractivity contribution >= 4 is 38.3 Å². The van der Waals surface area contributed by atoms with Crippen LogP contribution in [0.25, 0.3) is 21.1 Å². The van der Waals surface area contributed by atoms with Gasteiger partial charge in [-0.3, -0.25) is 0 Å². The van der Waals surface area contributed by atoms with Crippen LogP contribution in [0.15, 0.2) is 54.6 Å². The van der Waals surface area contributed by atoms with E-state index in [2.05, 4.69) is 9.97 Å². The fourth-order valence-electron chi connectivity index (χ4n) is 2.38. The number of nitrogens with zero attached hydrogens (tertiary/aromatic N) is 2. The van der Waals surface area contributed by atoms with E-state index in [1.54, 1.807) is 0 Å². The number of hydrogen-bond acceptors (Lipinski definition) is 5. The SMILES string of the molecule is Nc1nc2ccccc2c2sc(OCc3ccccc3)nc12. The fourth-order valence-corrected chi connectivity index (χ4v) is 3.34. The van der Waals surface area contributed by atoms with Gasteiger partial charge in [0.15, 0.2) is 5.82 Å². The van der Waals surface area contributed by atoms with Crippen molar-refractivity contribution in [2.75, 3.05) is 5.73 Å². The molecule has 0 bridgehead atoms. The predicted octanol–water partition coefficient (Wildman–Crippen LogP) is 4.01. The zero-order chi connectivity index (χ0) is 14.9. The molecule has 0 saturated carbocycles. The molecule has 0 radical (unpaired) electrons. The number of benzene rings is 2. The molecular weight excluding hydrogens is 294 g/mol. The Morgan fingerprint density at radius 2 is 1.73 bits per heavy atom. The molecule has 4 nitrogen and oxygen atoms in total. The van der Waals surface area contributed by atoms with Crippen LogP contribution in [-0.2, 0) is 6.61 Å². The summed E-state index contributed by atoms with van der Waals surface area (Å²) >= 11 is 1.51. The third-order valence-electron chi connectivity index (χ3n) is 3.44. The van der Waals surface area contributed by atoms with E-state index in [-0.39, 0.29) is 0 Å². The minimum atomic E-state index is 0.444. The molecule has 0 aliphatic rings. The molecule has 0 aliphatic carbocycles. The van der Waals surface area contributed by atoms with Crippen molar-refractivity contribution in [3.05, 3.63) is 60.2 Å². The molecule has 0 fully saturated rings. The Morgan fingerprint density at radius 3 is 2.59 bits per heavy atom.